The summed E-state index contributed by atoms with van der Waals surface area (Å²) < 4.78 is 1.49. The van der Waals surface area contributed by atoms with Crippen LogP contribution in [0, 0.1) is 23.7 Å². The number of hydrogen-bond donors (Lipinski definition) is 3. The molecule has 2 bridgehead atoms. The molecule has 3 rings (SSSR count). The molecule has 1 heterocycles. The number of aryl methyl sites for hydroxylation is 1. The van der Waals surface area contributed by atoms with Crippen molar-refractivity contribution in [2.24, 2.45) is 29.4 Å². The molecule has 23 heavy (non-hydrogen) atoms. The second kappa shape index (κ2) is 5.53. The number of primary amides is 1. The van der Waals surface area contributed by atoms with Crippen molar-refractivity contribution in [3.63, 3.8) is 0 Å². The molecule has 0 saturated heterocycles. The van der Waals surface area contributed by atoms with Crippen LogP contribution in [-0.4, -0.2) is 32.7 Å². The molecule has 2 aliphatic carbocycles. The number of carboxylic acid groups (broad SMARTS) is 1. The predicted octanol–water partition coefficient (Wildman–Crippen LogP) is 0.463. The largest absolute Gasteiger partial charge is 0.481 e. The van der Waals surface area contributed by atoms with Crippen LogP contribution in [0.25, 0.3) is 0 Å². The van der Waals surface area contributed by atoms with Crippen LogP contribution in [0.2, 0.25) is 0 Å². The standard InChI is InChI=1S/C15H18N4O4/c1-2-19-6-9(12(18-19)13(16)20)17-14(21)10-7-3-4-8(5-7)11(10)15(22)23/h3-4,6-8,10-11H,2,5H2,1H3,(H2,16,20)(H,17,21)(H,22,23)/t7-,8-,10-,11+/m0/s1. The van der Waals surface area contributed by atoms with Gasteiger partial charge in [-0.05, 0) is 25.2 Å². The third kappa shape index (κ3) is 2.49. The van der Waals surface area contributed by atoms with Gasteiger partial charge < -0.3 is 16.2 Å². The number of amides is 2. The maximum absolute atomic E-state index is 12.6. The first kappa shape index (κ1) is 15.3. The van der Waals surface area contributed by atoms with E-state index in [1.54, 1.807) is 0 Å². The summed E-state index contributed by atoms with van der Waals surface area (Å²) in [6.07, 6.45) is 5.97. The van der Waals surface area contributed by atoms with E-state index in [1.807, 2.05) is 19.1 Å². The van der Waals surface area contributed by atoms with E-state index in [0.717, 1.165) is 0 Å². The van der Waals surface area contributed by atoms with Gasteiger partial charge in [-0.25, -0.2) is 0 Å². The highest BCUT2D eigenvalue weighted by molar-refractivity contribution is 6.03. The summed E-state index contributed by atoms with van der Waals surface area (Å²) in [5, 5.41) is 16.0. The Morgan fingerprint density at radius 2 is 2.00 bits per heavy atom. The average molecular weight is 318 g/mol. The van der Waals surface area contributed by atoms with Gasteiger partial charge in [0.15, 0.2) is 5.69 Å². The Morgan fingerprint density at radius 1 is 1.35 bits per heavy atom. The molecule has 0 aliphatic heterocycles. The number of carboxylic acids is 1. The molecule has 0 spiro atoms. The van der Waals surface area contributed by atoms with Crippen LogP contribution in [0.4, 0.5) is 5.69 Å². The SMILES string of the molecule is CCn1cc(NC(=O)[C@@H]2[C@H](C(=O)O)[C@H]3C=C[C@H]2C3)c(C(N)=O)n1. The fourth-order valence-electron chi connectivity index (χ4n) is 3.59. The number of nitrogens with zero attached hydrogens (tertiary/aromatic N) is 2. The quantitative estimate of drug-likeness (QED) is 0.680. The van der Waals surface area contributed by atoms with Crippen molar-refractivity contribution in [1.82, 2.24) is 9.78 Å². The summed E-state index contributed by atoms with van der Waals surface area (Å²) in [4.78, 5) is 35.5. The van der Waals surface area contributed by atoms with Crippen LogP contribution in [0.5, 0.6) is 0 Å². The molecular formula is C15H18N4O4. The number of anilines is 1. The molecule has 0 radical (unpaired) electrons. The number of aromatic nitrogens is 2. The van der Waals surface area contributed by atoms with Gasteiger partial charge in [-0.15, -0.1) is 0 Å². The normalized spacial score (nSPS) is 28.0. The van der Waals surface area contributed by atoms with E-state index in [4.69, 9.17) is 5.73 Å². The van der Waals surface area contributed by atoms with Crippen LogP contribution in [-0.2, 0) is 16.1 Å². The van der Waals surface area contributed by atoms with E-state index >= 15 is 0 Å². The molecule has 8 heteroatoms. The number of fused-ring (bicyclic) bond motifs is 2. The van der Waals surface area contributed by atoms with Crippen LogP contribution in [0.3, 0.4) is 0 Å². The van der Waals surface area contributed by atoms with Gasteiger partial charge in [-0.3, -0.25) is 19.1 Å². The molecule has 2 amide bonds. The molecule has 8 nitrogen and oxygen atoms in total. The number of rotatable bonds is 5. The molecule has 1 fully saturated rings. The summed E-state index contributed by atoms with van der Waals surface area (Å²) in [6.45, 7) is 2.36. The first-order valence-electron chi connectivity index (χ1n) is 7.51. The van der Waals surface area contributed by atoms with E-state index in [-0.39, 0.29) is 23.2 Å². The second-order valence-electron chi connectivity index (χ2n) is 5.94. The summed E-state index contributed by atoms with van der Waals surface area (Å²) in [5.74, 6) is -3.69. The summed E-state index contributed by atoms with van der Waals surface area (Å²) >= 11 is 0. The Bertz CT molecular complexity index is 708. The summed E-state index contributed by atoms with van der Waals surface area (Å²) in [7, 11) is 0. The second-order valence-corrected chi connectivity index (χ2v) is 5.94. The number of aliphatic carboxylic acids is 1. The van der Waals surface area contributed by atoms with Gasteiger partial charge >= 0.3 is 5.97 Å². The number of nitrogens with one attached hydrogen (secondary N) is 1. The van der Waals surface area contributed by atoms with E-state index in [0.29, 0.717) is 13.0 Å². The number of allylic oxidation sites excluding steroid dienone is 2. The Labute approximate surface area is 132 Å². The highest BCUT2D eigenvalue weighted by Crippen LogP contribution is 2.48. The Balaban J connectivity index is 1.85. The molecule has 0 aromatic carbocycles. The number of carbonyl (C=O) groups is 3. The van der Waals surface area contributed by atoms with Gasteiger partial charge in [0.2, 0.25) is 5.91 Å². The third-order valence-corrected chi connectivity index (χ3v) is 4.62. The molecule has 2 aliphatic rings. The monoisotopic (exact) mass is 318 g/mol. The van der Waals surface area contributed by atoms with Crippen molar-refractivity contribution in [1.29, 1.82) is 0 Å². The first-order valence-corrected chi connectivity index (χ1v) is 7.51. The van der Waals surface area contributed by atoms with Gasteiger partial charge in [-0.1, -0.05) is 12.2 Å². The zero-order valence-corrected chi connectivity index (χ0v) is 12.6. The maximum atomic E-state index is 12.6. The lowest BCUT2D eigenvalue weighted by molar-refractivity contribution is -0.146. The van der Waals surface area contributed by atoms with Crippen LogP contribution in [0.15, 0.2) is 18.3 Å². The van der Waals surface area contributed by atoms with E-state index < -0.39 is 29.6 Å². The number of nitrogens with two attached hydrogens (primary N) is 1. The number of carbonyl (C=O) groups excluding carboxylic acids is 2. The zero-order valence-electron chi connectivity index (χ0n) is 12.6. The van der Waals surface area contributed by atoms with Crippen molar-refractivity contribution in [2.45, 2.75) is 19.9 Å². The van der Waals surface area contributed by atoms with Crippen LogP contribution < -0.4 is 11.1 Å². The van der Waals surface area contributed by atoms with Gasteiger partial charge in [0.05, 0.1) is 17.5 Å². The Kier molecular flexibility index (Phi) is 3.67. The van der Waals surface area contributed by atoms with Crippen LogP contribution >= 0.6 is 0 Å². The third-order valence-electron chi connectivity index (χ3n) is 4.62. The molecule has 1 aromatic heterocycles. The molecular weight excluding hydrogens is 300 g/mol. The fourth-order valence-corrected chi connectivity index (χ4v) is 3.59. The van der Waals surface area contributed by atoms with Crippen molar-refractivity contribution in [3.05, 3.63) is 24.0 Å². The predicted molar refractivity (Wildman–Crippen MR) is 80.4 cm³/mol. The van der Waals surface area contributed by atoms with Gasteiger partial charge in [0, 0.05) is 12.7 Å². The zero-order chi connectivity index (χ0) is 16.7. The highest BCUT2D eigenvalue weighted by atomic mass is 16.4. The van der Waals surface area contributed by atoms with E-state index in [1.165, 1.54) is 10.9 Å². The summed E-state index contributed by atoms with van der Waals surface area (Å²) in [5.41, 5.74) is 5.48. The van der Waals surface area contributed by atoms with Crippen molar-refractivity contribution >= 4 is 23.5 Å². The number of hydrogen-bond acceptors (Lipinski definition) is 4. The maximum Gasteiger partial charge on any atom is 0.307 e. The topological polar surface area (TPSA) is 127 Å². The molecule has 4 atom stereocenters. The van der Waals surface area contributed by atoms with Crippen molar-refractivity contribution in [3.8, 4) is 0 Å². The molecule has 0 unspecified atom stereocenters. The summed E-state index contributed by atoms with van der Waals surface area (Å²) in [6, 6.07) is 0. The minimum atomic E-state index is -0.971. The Hall–Kier alpha value is -2.64. The average Bonchev–Trinajstić information content (AvgIpc) is 3.19. The Morgan fingerprint density at radius 3 is 2.57 bits per heavy atom. The fraction of sp³-hybridized carbons (Fsp3) is 0.467. The minimum absolute atomic E-state index is 0.0224. The van der Waals surface area contributed by atoms with Gasteiger partial charge in [0.1, 0.15) is 0 Å². The van der Waals surface area contributed by atoms with Crippen molar-refractivity contribution in [2.75, 3.05) is 5.32 Å². The first-order chi connectivity index (χ1) is 10.9. The van der Waals surface area contributed by atoms with E-state index in [9.17, 15) is 19.5 Å². The van der Waals surface area contributed by atoms with Gasteiger partial charge in [0.25, 0.3) is 5.91 Å². The lowest BCUT2D eigenvalue weighted by Crippen LogP contribution is -2.36. The van der Waals surface area contributed by atoms with Gasteiger partial charge in [-0.2, -0.15) is 5.10 Å². The van der Waals surface area contributed by atoms with Crippen molar-refractivity contribution < 1.29 is 19.5 Å². The molecule has 4 N–H and O–H groups in total. The molecule has 1 saturated carbocycles. The highest BCUT2D eigenvalue weighted by Gasteiger charge is 2.51. The van der Waals surface area contributed by atoms with Crippen LogP contribution in [0.1, 0.15) is 23.8 Å². The smallest absolute Gasteiger partial charge is 0.307 e. The minimum Gasteiger partial charge on any atom is -0.481 e. The lowest BCUT2D eigenvalue weighted by atomic mass is 9.82. The molecule has 122 valence electrons. The lowest BCUT2D eigenvalue weighted by Gasteiger charge is -2.23. The molecule has 1 aromatic rings. The van der Waals surface area contributed by atoms with E-state index in [2.05, 4.69) is 10.4 Å².